The molecule has 0 aromatic heterocycles. The molecule has 0 spiro atoms. The molecule has 5 heteroatoms. The minimum atomic E-state index is -0.949. The Morgan fingerprint density at radius 1 is 1.00 bits per heavy atom. The minimum absolute atomic E-state index is 0.0329. The fourth-order valence-corrected chi connectivity index (χ4v) is 1.83. The third-order valence-corrected chi connectivity index (χ3v) is 2.78. The zero-order valence-electron chi connectivity index (χ0n) is 10.9. The van der Waals surface area contributed by atoms with Crippen LogP contribution in [0.25, 0.3) is 0 Å². The molecule has 20 heavy (non-hydrogen) atoms. The maximum Gasteiger partial charge on any atom is 0.165 e. The topological polar surface area (TPSA) is 21.3 Å². The normalized spacial score (nSPS) is 10.6. The lowest BCUT2D eigenvalue weighted by Crippen LogP contribution is -2.09. The molecule has 2 rings (SSSR count). The van der Waals surface area contributed by atoms with Crippen molar-refractivity contribution in [1.82, 2.24) is 5.32 Å². The SMILES string of the molecule is CNCc1cccc(F)c1OCc1ccc(F)c(F)c1. The second-order valence-corrected chi connectivity index (χ2v) is 4.30. The van der Waals surface area contributed by atoms with Crippen LogP contribution in [0.5, 0.6) is 5.75 Å². The molecule has 0 aliphatic carbocycles. The largest absolute Gasteiger partial charge is 0.485 e. The highest BCUT2D eigenvalue weighted by atomic mass is 19.2. The standard InChI is InChI=1S/C15H14F3NO/c1-19-8-11-3-2-4-13(17)15(11)20-9-10-5-6-12(16)14(18)7-10/h2-7,19H,8-9H2,1H3. The van der Waals surface area contributed by atoms with Crippen LogP contribution in [0, 0.1) is 17.5 Å². The number of hydrogen-bond acceptors (Lipinski definition) is 2. The summed E-state index contributed by atoms with van der Waals surface area (Å²) in [6.45, 7) is 0.416. The molecule has 0 radical (unpaired) electrons. The lowest BCUT2D eigenvalue weighted by Gasteiger charge is -2.12. The van der Waals surface area contributed by atoms with Crippen LogP contribution >= 0.6 is 0 Å². The molecule has 1 N–H and O–H groups in total. The predicted molar refractivity (Wildman–Crippen MR) is 69.9 cm³/mol. The van der Waals surface area contributed by atoms with Gasteiger partial charge in [-0.05, 0) is 30.8 Å². The third kappa shape index (κ3) is 3.30. The van der Waals surface area contributed by atoms with Crippen LogP contribution in [0.1, 0.15) is 11.1 Å². The van der Waals surface area contributed by atoms with E-state index in [4.69, 9.17) is 4.74 Å². The van der Waals surface area contributed by atoms with Crippen molar-refractivity contribution in [2.75, 3.05) is 7.05 Å². The van der Waals surface area contributed by atoms with Crippen LogP contribution in [0.15, 0.2) is 36.4 Å². The van der Waals surface area contributed by atoms with E-state index in [0.29, 0.717) is 17.7 Å². The summed E-state index contributed by atoms with van der Waals surface area (Å²) in [5, 5.41) is 2.91. The van der Waals surface area contributed by atoms with E-state index in [1.165, 1.54) is 12.1 Å². The molecule has 2 aromatic carbocycles. The highest BCUT2D eigenvalue weighted by molar-refractivity contribution is 5.35. The summed E-state index contributed by atoms with van der Waals surface area (Å²) >= 11 is 0. The first-order valence-corrected chi connectivity index (χ1v) is 6.10. The van der Waals surface area contributed by atoms with Gasteiger partial charge in [0.1, 0.15) is 6.61 Å². The number of nitrogens with one attached hydrogen (secondary N) is 1. The van der Waals surface area contributed by atoms with Gasteiger partial charge in [-0.2, -0.15) is 0 Å². The summed E-state index contributed by atoms with van der Waals surface area (Å²) < 4.78 is 45.0. The molecule has 0 amide bonds. The average Bonchev–Trinajstić information content (AvgIpc) is 2.42. The van der Waals surface area contributed by atoms with Crippen molar-refractivity contribution < 1.29 is 17.9 Å². The molecule has 0 saturated heterocycles. The van der Waals surface area contributed by atoms with Crippen molar-refractivity contribution in [1.29, 1.82) is 0 Å². The monoisotopic (exact) mass is 281 g/mol. The summed E-state index contributed by atoms with van der Waals surface area (Å²) in [5.41, 5.74) is 1.10. The van der Waals surface area contributed by atoms with E-state index in [0.717, 1.165) is 12.1 Å². The second-order valence-electron chi connectivity index (χ2n) is 4.30. The van der Waals surface area contributed by atoms with Crippen molar-refractivity contribution in [2.45, 2.75) is 13.2 Å². The van der Waals surface area contributed by atoms with E-state index in [9.17, 15) is 13.2 Å². The molecule has 0 atom stereocenters. The second kappa shape index (κ2) is 6.43. The number of para-hydroxylation sites is 1. The van der Waals surface area contributed by atoms with Gasteiger partial charge in [-0.3, -0.25) is 0 Å². The van der Waals surface area contributed by atoms with E-state index in [2.05, 4.69) is 5.32 Å². The Morgan fingerprint density at radius 2 is 1.80 bits per heavy atom. The van der Waals surface area contributed by atoms with Gasteiger partial charge in [0, 0.05) is 12.1 Å². The summed E-state index contributed by atoms with van der Waals surface area (Å²) in [7, 11) is 1.74. The summed E-state index contributed by atoms with van der Waals surface area (Å²) in [6.07, 6.45) is 0. The highest BCUT2D eigenvalue weighted by Gasteiger charge is 2.10. The van der Waals surface area contributed by atoms with Gasteiger partial charge in [0.05, 0.1) is 0 Å². The molecule has 0 heterocycles. The van der Waals surface area contributed by atoms with E-state index < -0.39 is 17.5 Å². The Bertz CT molecular complexity index is 602. The molecule has 2 aromatic rings. The van der Waals surface area contributed by atoms with Crippen molar-refractivity contribution in [3.8, 4) is 5.75 Å². The van der Waals surface area contributed by atoms with Gasteiger partial charge in [0.25, 0.3) is 0 Å². The maximum absolute atomic E-state index is 13.7. The fraction of sp³-hybridized carbons (Fsp3) is 0.200. The van der Waals surface area contributed by atoms with E-state index in [1.54, 1.807) is 19.2 Å². The smallest absolute Gasteiger partial charge is 0.165 e. The van der Waals surface area contributed by atoms with Crippen molar-refractivity contribution in [3.05, 3.63) is 65.0 Å². The van der Waals surface area contributed by atoms with Crippen molar-refractivity contribution in [3.63, 3.8) is 0 Å². The first-order valence-electron chi connectivity index (χ1n) is 6.10. The predicted octanol–water partition coefficient (Wildman–Crippen LogP) is 3.40. The first-order chi connectivity index (χ1) is 9.61. The van der Waals surface area contributed by atoms with Crippen LogP contribution in [0.2, 0.25) is 0 Å². The number of hydrogen-bond donors (Lipinski definition) is 1. The highest BCUT2D eigenvalue weighted by Crippen LogP contribution is 2.24. The van der Waals surface area contributed by atoms with Crippen LogP contribution in [-0.4, -0.2) is 7.05 Å². The zero-order valence-corrected chi connectivity index (χ0v) is 10.9. The third-order valence-electron chi connectivity index (χ3n) is 2.78. The van der Waals surface area contributed by atoms with Gasteiger partial charge in [0.2, 0.25) is 0 Å². The Hall–Kier alpha value is -2.01. The Kier molecular flexibility index (Phi) is 4.63. The minimum Gasteiger partial charge on any atom is -0.485 e. The molecule has 106 valence electrons. The van der Waals surface area contributed by atoms with E-state index >= 15 is 0 Å². The van der Waals surface area contributed by atoms with Crippen LogP contribution < -0.4 is 10.1 Å². The quantitative estimate of drug-likeness (QED) is 0.907. The lowest BCUT2D eigenvalue weighted by molar-refractivity contribution is 0.285. The fourth-order valence-electron chi connectivity index (χ4n) is 1.83. The molecule has 0 fully saturated rings. The van der Waals surface area contributed by atoms with Crippen molar-refractivity contribution >= 4 is 0 Å². The van der Waals surface area contributed by atoms with Gasteiger partial charge < -0.3 is 10.1 Å². The molecular weight excluding hydrogens is 267 g/mol. The number of halogens is 3. The molecular formula is C15H14F3NO. The van der Waals surface area contributed by atoms with Crippen LogP contribution in [-0.2, 0) is 13.2 Å². The Labute approximate surface area is 115 Å². The van der Waals surface area contributed by atoms with Crippen LogP contribution in [0.3, 0.4) is 0 Å². The summed E-state index contributed by atoms with van der Waals surface area (Å²) in [4.78, 5) is 0. The van der Waals surface area contributed by atoms with E-state index in [-0.39, 0.29) is 12.4 Å². The molecule has 0 bridgehead atoms. The number of rotatable bonds is 5. The molecule has 0 aliphatic rings. The van der Waals surface area contributed by atoms with Gasteiger partial charge >= 0.3 is 0 Å². The first kappa shape index (κ1) is 14.4. The summed E-state index contributed by atoms with van der Waals surface area (Å²) in [6, 6.07) is 8.07. The number of benzene rings is 2. The number of ether oxygens (including phenoxy) is 1. The summed E-state index contributed by atoms with van der Waals surface area (Å²) in [5.74, 6) is -2.24. The van der Waals surface area contributed by atoms with Gasteiger partial charge in [-0.25, -0.2) is 13.2 Å². The molecule has 2 nitrogen and oxygen atoms in total. The Balaban J connectivity index is 2.15. The molecule has 0 aliphatic heterocycles. The van der Waals surface area contributed by atoms with Gasteiger partial charge in [-0.1, -0.05) is 18.2 Å². The van der Waals surface area contributed by atoms with Gasteiger partial charge in [0.15, 0.2) is 23.2 Å². The van der Waals surface area contributed by atoms with E-state index in [1.807, 2.05) is 0 Å². The van der Waals surface area contributed by atoms with Gasteiger partial charge in [-0.15, -0.1) is 0 Å². The van der Waals surface area contributed by atoms with Crippen molar-refractivity contribution in [2.24, 2.45) is 0 Å². The zero-order chi connectivity index (χ0) is 14.5. The average molecular weight is 281 g/mol. The lowest BCUT2D eigenvalue weighted by atomic mass is 10.2. The van der Waals surface area contributed by atoms with Crippen LogP contribution in [0.4, 0.5) is 13.2 Å². The maximum atomic E-state index is 13.7. The Morgan fingerprint density at radius 3 is 2.50 bits per heavy atom. The molecule has 0 unspecified atom stereocenters. The molecule has 0 saturated carbocycles.